The second-order valence-corrected chi connectivity index (χ2v) is 5.25. The maximum atomic E-state index is 10.6. The zero-order chi connectivity index (χ0) is 11.6. The van der Waals surface area contributed by atoms with Gasteiger partial charge in [0.15, 0.2) is 0 Å². The highest BCUT2D eigenvalue weighted by atomic mass is 16.1. The van der Waals surface area contributed by atoms with Gasteiger partial charge in [-0.1, -0.05) is 44.2 Å². The predicted octanol–water partition coefficient (Wildman–Crippen LogP) is 4.09. The van der Waals surface area contributed by atoms with E-state index in [4.69, 9.17) is 0 Å². The zero-order valence-corrected chi connectivity index (χ0v) is 9.99. The summed E-state index contributed by atoms with van der Waals surface area (Å²) in [6, 6.07) is 7.89. The molecule has 1 aliphatic rings. The van der Waals surface area contributed by atoms with Crippen LogP contribution in [0.1, 0.15) is 49.0 Å². The third kappa shape index (κ3) is 2.41. The molecule has 84 valence electrons. The van der Waals surface area contributed by atoms with E-state index in [1.165, 1.54) is 24.0 Å². The van der Waals surface area contributed by atoms with Crippen molar-refractivity contribution in [2.45, 2.75) is 33.1 Å². The van der Waals surface area contributed by atoms with Gasteiger partial charge in [0, 0.05) is 5.56 Å². The third-order valence-corrected chi connectivity index (χ3v) is 3.25. The molecule has 0 amide bonds. The summed E-state index contributed by atoms with van der Waals surface area (Å²) in [5.41, 5.74) is 3.75. The quantitative estimate of drug-likeness (QED) is 0.677. The number of aldehydes is 1. The minimum Gasteiger partial charge on any atom is -0.298 e. The van der Waals surface area contributed by atoms with E-state index in [0.29, 0.717) is 5.41 Å². The summed E-state index contributed by atoms with van der Waals surface area (Å²) in [6.07, 6.45) is 6.95. The average Bonchev–Trinajstić information content (AvgIpc) is 2.28. The Hall–Kier alpha value is -1.37. The van der Waals surface area contributed by atoms with Crippen LogP contribution in [0.15, 0.2) is 30.3 Å². The molecule has 0 fully saturated rings. The first-order chi connectivity index (χ1) is 7.61. The van der Waals surface area contributed by atoms with E-state index in [-0.39, 0.29) is 0 Å². The van der Waals surface area contributed by atoms with Crippen LogP contribution >= 0.6 is 0 Å². The van der Waals surface area contributed by atoms with Gasteiger partial charge in [0.25, 0.3) is 0 Å². The molecule has 1 aliphatic carbocycles. The molecule has 2 rings (SSSR count). The van der Waals surface area contributed by atoms with E-state index in [1.54, 1.807) is 0 Å². The summed E-state index contributed by atoms with van der Waals surface area (Å²) < 4.78 is 0. The number of benzene rings is 1. The van der Waals surface area contributed by atoms with E-state index >= 15 is 0 Å². The van der Waals surface area contributed by atoms with Crippen molar-refractivity contribution < 1.29 is 4.79 Å². The van der Waals surface area contributed by atoms with Gasteiger partial charge in [-0.3, -0.25) is 4.79 Å². The Labute approximate surface area is 97.2 Å². The van der Waals surface area contributed by atoms with Crippen molar-refractivity contribution in [2.24, 2.45) is 5.41 Å². The summed E-state index contributed by atoms with van der Waals surface area (Å²) in [4.78, 5) is 10.6. The van der Waals surface area contributed by atoms with E-state index < -0.39 is 0 Å². The first kappa shape index (κ1) is 11.1. The van der Waals surface area contributed by atoms with Gasteiger partial charge in [-0.2, -0.15) is 0 Å². The highest BCUT2D eigenvalue weighted by Crippen LogP contribution is 2.37. The molecular weight excluding hydrogens is 196 g/mol. The van der Waals surface area contributed by atoms with Crippen LogP contribution in [0.3, 0.4) is 0 Å². The van der Waals surface area contributed by atoms with Gasteiger partial charge in [0.1, 0.15) is 6.29 Å². The maximum Gasteiger partial charge on any atom is 0.150 e. The SMILES string of the molecule is CC1(C)C=C(c2ccc(C=O)cc2)CCC1. The van der Waals surface area contributed by atoms with Crippen LogP contribution in [0.4, 0.5) is 0 Å². The van der Waals surface area contributed by atoms with Crippen LogP contribution in [-0.4, -0.2) is 6.29 Å². The number of hydrogen-bond donors (Lipinski definition) is 0. The monoisotopic (exact) mass is 214 g/mol. The molecule has 1 aromatic rings. The van der Waals surface area contributed by atoms with Crippen molar-refractivity contribution in [3.05, 3.63) is 41.5 Å². The third-order valence-electron chi connectivity index (χ3n) is 3.25. The summed E-state index contributed by atoms with van der Waals surface area (Å²) >= 11 is 0. The van der Waals surface area contributed by atoms with E-state index in [0.717, 1.165) is 18.3 Å². The summed E-state index contributed by atoms with van der Waals surface area (Å²) in [7, 11) is 0. The van der Waals surface area contributed by atoms with Crippen molar-refractivity contribution in [1.29, 1.82) is 0 Å². The molecule has 0 saturated carbocycles. The van der Waals surface area contributed by atoms with Crippen LogP contribution < -0.4 is 0 Å². The molecule has 0 aromatic heterocycles. The molecule has 1 aromatic carbocycles. The minimum absolute atomic E-state index is 0.316. The highest BCUT2D eigenvalue weighted by molar-refractivity contribution is 5.76. The van der Waals surface area contributed by atoms with Crippen LogP contribution in [0.25, 0.3) is 5.57 Å². The second-order valence-electron chi connectivity index (χ2n) is 5.25. The highest BCUT2D eigenvalue weighted by Gasteiger charge is 2.20. The molecule has 0 aliphatic heterocycles. The van der Waals surface area contributed by atoms with E-state index in [1.807, 2.05) is 12.1 Å². The topological polar surface area (TPSA) is 17.1 Å². The Morgan fingerprint density at radius 3 is 2.44 bits per heavy atom. The Bertz CT molecular complexity index is 410. The summed E-state index contributed by atoms with van der Waals surface area (Å²) in [6.45, 7) is 4.57. The first-order valence-corrected chi connectivity index (χ1v) is 5.88. The van der Waals surface area contributed by atoms with Gasteiger partial charge >= 0.3 is 0 Å². The van der Waals surface area contributed by atoms with Crippen LogP contribution in [0.2, 0.25) is 0 Å². The van der Waals surface area contributed by atoms with Gasteiger partial charge in [-0.05, 0) is 35.8 Å². The molecule has 0 radical (unpaired) electrons. The number of allylic oxidation sites excluding steroid dienone is 2. The van der Waals surface area contributed by atoms with Gasteiger partial charge < -0.3 is 0 Å². The lowest BCUT2D eigenvalue weighted by Crippen LogP contribution is -2.12. The fraction of sp³-hybridized carbons (Fsp3) is 0.400. The van der Waals surface area contributed by atoms with Crippen molar-refractivity contribution in [3.8, 4) is 0 Å². The van der Waals surface area contributed by atoms with Crippen molar-refractivity contribution in [1.82, 2.24) is 0 Å². The fourth-order valence-electron chi connectivity index (χ4n) is 2.35. The zero-order valence-electron chi connectivity index (χ0n) is 9.99. The Morgan fingerprint density at radius 1 is 1.19 bits per heavy atom. The first-order valence-electron chi connectivity index (χ1n) is 5.88. The Morgan fingerprint density at radius 2 is 1.88 bits per heavy atom. The largest absolute Gasteiger partial charge is 0.298 e. The van der Waals surface area contributed by atoms with Crippen molar-refractivity contribution in [2.75, 3.05) is 0 Å². The molecule has 1 nitrogen and oxygen atoms in total. The standard InChI is InChI=1S/C15H18O/c1-15(2)9-3-4-14(10-15)13-7-5-12(11-16)6-8-13/h5-8,10-11H,3-4,9H2,1-2H3. The molecule has 0 bridgehead atoms. The lowest BCUT2D eigenvalue weighted by Gasteiger charge is -2.27. The Kier molecular flexibility index (Phi) is 2.95. The fourth-order valence-corrected chi connectivity index (χ4v) is 2.35. The maximum absolute atomic E-state index is 10.6. The molecular formula is C15H18O. The predicted molar refractivity (Wildman–Crippen MR) is 67.4 cm³/mol. The molecule has 1 heteroatoms. The molecule has 0 unspecified atom stereocenters. The summed E-state index contributed by atoms with van der Waals surface area (Å²) in [5, 5.41) is 0. The number of hydrogen-bond acceptors (Lipinski definition) is 1. The molecule has 16 heavy (non-hydrogen) atoms. The smallest absolute Gasteiger partial charge is 0.150 e. The van der Waals surface area contributed by atoms with Gasteiger partial charge in [-0.25, -0.2) is 0 Å². The minimum atomic E-state index is 0.316. The number of rotatable bonds is 2. The molecule has 0 saturated heterocycles. The molecule has 0 atom stereocenters. The van der Waals surface area contributed by atoms with Gasteiger partial charge in [0.2, 0.25) is 0 Å². The lowest BCUT2D eigenvalue weighted by molar-refractivity contribution is 0.112. The van der Waals surface area contributed by atoms with Gasteiger partial charge in [0.05, 0.1) is 0 Å². The van der Waals surface area contributed by atoms with E-state index in [2.05, 4.69) is 32.1 Å². The van der Waals surface area contributed by atoms with Crippen molar-refractivity contribution >= 4 is 11.9 Å². The van der Waals surface area contributed by atoms with Crippen molar-refractivity contribution in [3.63, 3.8) is 0 Å². The Balaban J connectivity index is 2.30. The second kappa shape index (κ2) is 4.25. The molecule has 0 spiro atoms. The van der Waals surface area contributed by atoms with Crippen LogP contribution in [0.5, 0.6) is 0 Å². The molecule has 0 N–H and O–H groups in total. The number of carbonyl (C=O) groups excluding carboxylic acids is 1. The molecule has 0 heterocycles. The van der Waals surface area contributed by atoms with Gasteiger partial charge in [-0.15, -0.1) is 0 Å². The average molecular weight is 214 g/mol. The normalized spacial score (nSPS) is 19.0. The van der Waals surface area contributed by atoms with Crippen LogP contribution in [0, 0.1) is 5.41 Å². The van der Waals surface area contributed by atoms with E-state index in [9.17, 15) is 4.79 Å². The number of carbonyl (C=O) groups is 1. The summed E-state index contributed by atoms with van der Waals surface area (Å²) in [5.74, 6) is 0. The van der Waals surface area contributed by atoms with Crippen LogP contribution in [-0.2, 0) is 0 Å². The lowest BCUT2D eigenvalue weighted by atomic mass is 9.78.